The Balaban J connectivity index is 1.65. The van der Waals surface area contributed by atoms with E-state index in [4.69, 9.17) is 16.2 Å². The van der Waals surface area contributed by atoms with E-state index >= 15 is 0 Å². The average Bonchev–Trinajstić information content (AvgIpc) is 3.55. The molecule has 3 atom stereocenters. The van der Waals surface area contributed by atoms with Gasteiger partial charge in [-0.1, -0.05) is 30.3 Å². The van der Waals surface area contributed by atoms with Crippen molar-refractivity contribution in [3.8, 4) is 0 Å². The van der Waals surface area contributed by atoms with E-state index < -0.39 is 24.1 Å². The molecule has 2 aliphatic heterocycles. The molecule has 0 aromatic heterocycles. The van der Waals surface area contributed by atoms with Gasteiger partial charge in [0.15, 0.2) is 0 Å². The summed E-state index contributed by atoms with van der Waals surface area (Å²) in [4.78, 5) is 54.3. The van der Waals surface area contributed by atoms with Crippen molar-refractivity contribution in [2.75, 3.05) is 26.2 Å². The maximum absolute atomic E-state index is 13.4. The van der Waals surface area contributed by atoms with Gasteiger partial charge in [0.2, 0.25) is 17.7 Å². The number of benzene rings is 1. The van der Waals surface area contributed by atoms with E-state index in [0.29, 0.717) is 58.2 Å². The SMILES string of the molecule is NCCC[C@H](NC(=O)C1CCCN1C(=O)CN)C(=O)N1CCCC1C(=O)OCc1ccccc1. The maximum Gasteiger partial charge on any atom is 0.329 e. The van der Waals surface area contributed by atoms with E-state index in [1.165, 1.54) is 9.80 Å². The zero-order valence-corrected chi connectivity index (χ0v) is 19.5. The third kappa shape index (κ3) is 6.32. The highest BCUT2D eigenvalue weighted by Gasteiger charge is 2.40. The summed E-state index contributed by atoms with van der Waals surface area (Å²) in [5.41, 5.74) is 12.0. The fraction of sp³-hybridized carbons (Fsp3) is 0.583. The lowest BCUT2D eigenvalue weighted by molar-refractivity contribution is -0.155. The van der Waals surface area contributed by atoms with Crippen molar-refractivity contribution in [3.05, 3.63) is 35.9 Å². The molecule has 2 saturated heterocycles. The van der Waals surface area contributed by atoms with Crippen LogP contribution in [0.2, 0.25) is 0 Å². The Morgan fingerprint density at radius 3 is 2.35 bits per heavy atom. The van der Waals surface area contributed by atoms with Gasteiger partial charge in [-0.15, -0.1) is 0 Å². The smallest absolute Gasteiger partial charge is 0.329 e. The van der Waals surface area contributed by atoms with E-state index in [2.05, 4.69) is 5.32 Å². The number of hydrogen-bond donors (Lipinski definition) is 3. The predicted octanol–water partition coefficient (Wildman–Crippen LogP) is -0.106. The number of esters is 1. The molecule has 34 heavy (non-hydrogen) atoms. The molecule has 10 heteroatoms. The van der Waals surface area contributed by atoms with Crippen molar-refractivity contribution < 1.29 is 23.9 Å². The number of nitrogens with two attached hydrogens (primary N) is 2. The molecular weight excluding hydrogens is 438 g/mol. The third-order valence-electron chi connectivity index (χ3n) is 6.39. The second kappa shape index (κ2) is 12.5. The molecule has 0 radical (unpaired) electrons. The van der Waals surface area contributed by atoms with Gasteiger partial charge >= 0.3 is 5.97 Å². The lowest BCUT2D eigenvalue weighted by Gasteiger charge is -2.30. The highest BCUT2D eigenvalue weighted by Crippen LogP contribution is 2.22. The van der Waals surface area contributed by atoms with Crippen LogP contribution in [0.1, 0.15) is 44.1 Å². The summed E-state index contributed by atoms with van der Waals surface area (Å²) in [6, 6.07) is 7.20. The van der Waals surface area contributed by atoms with Crippen LogP contribution in [-0.2, 0) is 30.5 Å². The molecule has 2 aliphatic rings. The molecule has 0 bridgehead atoms. The van der Waals surface area contributed by atoms with E-state index in [0.717, 1.165) is 5.56 Å². The van der Waals surface area contributed by atoms with Gasteiger partial charge in [-0.3, -0.25) is 14.4 Å². The number of carbonyl (C=O) groups excluding carboxylic acids is 4. The number of amides is 3. The highest BCUT2D eigenvalue weighted by atomic mass is 16.5. The molecule has 0 spiro atoms. The van der Waals surface area contributed by atoms with Crippen molar-refractivity contribution in [3.63, 3.8) is 0 Å². The first-order valence-electron chi connectivity index (χ1n) is 12.0. The van der Waals surface area contributed by atoms with Crippen LogP contribution in [0.25, 0.3) is 0 Å². The summed E-state index contributed by atoms with van der Waals surface area (Å²) >= 11 is 0. The Bertz CT molecular complexity index is 865. The fourth-order valence-electron chi connectivity index (χ4n) is 4.60. The second-order valence-electron chi connectivity index (χ2n) is 8.72. The lowest BCUT2D eigenvalue weighted by atomic mass is 10.1. The maximum atomic E-state index is 13.4. The molecule has 5 N–H and O–H groups in total. The Kier molecular flexibility index (Phi) is 9.41. The monoisotopic (exact) mass is 473 g/mol. The van der Waals surface area contributed by atoms with Crippen LogP contribution in [0, 0.1) is 0 Å². The molecule has 2 unspecified atom stereocenters. The van der Waals surface area contributed by atoms with Crippen molar-refractivity contribution in [2.45, 2.75) is 63.3 Å². The van der Waals surface area contributed by atoms with Crippen LogP contribution in [0.15, 0.2) is 30.3 Å². The lowest BCUT2D eigenvalue weighted by Crippen LogP contribution is -2.56. The van der Waals surface area contributed by atoms with Gasteiger partial charge in [-0.25, -0.2) is 4.79 Å². The molecule has 1 aromatic rings. The standard InChI is InChI=1S/C24H35N5O5/c25-12-4-9-18(27-22(31)19-10-5-13-28(19)21(30)15-26)23(32)29-14-6-11-20(29)24(33)34-16-17-7-2-1-3-8-17/h1-3,7-8,18-20H,4-6,9-16,25-26H2,(H,27,31)/t18-,19?,20?/m0/s1. The van der Waals surface area contributed by atoms with Gasteiger partial charge in [0, 0.05) is 13.1 Å². The van der Waals surface area contributed by atoms with Gasteiger partial charge in [0.05, 0.1) is 6.54 Å². The highest BCUT2D eigenvalue weighted by molar-refractivity contribution is 5.94. The molecule has 0 aliphatic carbocycles. The average molecular weight is 474 g/mol. The normalized spacial score (nSPS) is 20.8. The number of rotatable bonds is 10. The predicted molar refractivity (Wildman–Crippen MR) is 125 cm³/mol. The number of hydrogen-bond acceptors (Lipinski definition) is 7. The quantitative estimate of drug-likeness (QED) is 0.402. The molecular formula is C24H35N5O5. The zero-order chi connectivity index (χ0) is 24.5. The van der Waals surface area contributed by atoms with Gasteiger partial charge < -0.3 is 31.3 Å². The first-order chi connectivity index (χ1) is 16.5. The molecule has 2 heterocycles. The number of ether oxygens (including phenoxy) is 1. The Morgan fingerprint density at radius 2 is 1.68 bits per heavy atom. The minimum atomic E-state index is -0.825. The molecule has 1 aromatic carbocycles. The second-order valence-corrected chi connectivity index (χ2v) is 8.72. The van der Waals surface area contributed by atoms with Crippen LogP contribution in [0.3, 0.4) is 0 Å². The Morgan fingerprint density at radius 1 is 1.00 bits per heavy atom. The fourth-order valence-corrected chi connectivity index (χ4v) is 4.60. The minimum absolute atomic E-state index is 0.137. The van der Waals surface area contributed by atoms with Crippen molar-refractivity contribution >= 4 is 23.7 Å². The summed E-state index contributed by atoms with van der Waals surface area (Å²) in [6.45, 7) is 1.22. The Hall–Kier alpha value is -2.98. The van der Waals surface area contributed by atoms with Gasteiger partial charge in [-0.2, -0.15) is 0 Å². The largest absolute Gasteiger partial charge is 0.459 e. The third-order valence-corrected chi connectivity index (χ3v) is 6.39. The molecule has 186 valence electrons. The van der Waals surface area contributed by atoms with E-state index in [1.807, 2.05) is 30.3 Å². The molecule has 3 amide bonds. The Labute approximate surface area is 199 Å². The van der Waals surface area contributed by atoms with E-state index in [9.17, 15) is 19.2 Å². The van der Waals surface area contributed by atoms with Crippen LogP contribution in [0.4, 0.5) is 0 Å². The summed E-state index contributed by atoms with van der Waals surface area (Å²) in [5, 5.41) is 2.82. The number of carbonyl (C=O) groups is 4. The van der Waals surface area contributed by atoms with Crippen LogP contribution in [-0.4, -0.2) is 77.8 Å². The molecule has 2 fully saturated rings. The summed E-state index contributed by atoms with van der Waals surface area (Å²) in [7, 11) is 0. The van der Waals surface area contributed by atoms with Gasteiger partial charge in [-0.05, 0) is 50.6 Å². The van der Waals surface area contributed by atoms with Crippen LogP contribution >= 0.6 is 0 Å². The summed E-state index contributed by atoms with van der Waals surface area (Å²) in [5.74, 6) is -1.44. The van der Waals surface area contributed by atoms with Crippen molar-refractivity contribution in [1.82, 2.24) is 15.1 Å². The minimum Gasteiger partial charge on any atom is -0.459 e. The van der Waals surface area contributed by atoms with Gasteiger partial charge in [0.25, 0.3) is 0 Å². The molecule has 3 rings (SSSR count). The summed E-state index contributed by atoms with van der Waals surface area (Å²) in [6.07, 6.45) is 3.29. The zero-order valence-electron chi connectivity index (χ0n) is 19.5. The number of nitrogens with one attached hydrogen (secondary N) is 1. The van der Waals surface area contributed by atoms with Crippen LogP contribution in [0.5, 0.6) is 0 Å². The van der Waals surface area contributed by atoms with Gasteiger partial charge in [0.1, 0.15) is 24.7 Å². The summed E-state index contributed by atoms with van der Waals surface area (Å²) < 4.78 is 5.47. The van der Waals surface area contributed by atoms with E-state index in [1.54, 1.807) is 0 Å². The molecule has 10 nitrogen and oxygen atoms in total. The molecule has 0 saturated carbocycles. The van der Waals surface area contributed by atoms with E-state index in [-0.39, 0.29) is 30.9 Å². The first-order valence-corrected chi connectivity index (χ1v) is 12.0. The van der Waals surface area contributed by atoms with Crippen molar-refractivity contribution in [1.29, 1.82) is 0 Å². The van der Waals surface area contributed by atoms with Crippen LogP contribution < -0.4 is 16.8 Å². The number of nitrogens with zero attached hydrogens (tertiary/aromatic N) is 2. The topological polar surface area (TPSA) is 148 Å². The van der Waals surface area contributed by atoms with Crippen molar-refractivity contribution in [2.24, 2.45) is 11.5 Å². The first kappa shape index (κ1) is 25.6. The number of likely N-dealkylation sites (tertiary alicyclic amines) is 2.